The minimum Gasteiger partial charge on any atom is -0.452 e. The van der Waals surface area contributed by atoms with Crippen LogP contribution in [-0.4, -0.2) is 18.5 Å². The molecule has 5 heteroatoms. The zero-order chi connectivity index (χ0) is 16.5. The van der Waals surface area contributed by atoms with Crippen LogP contribution in [0.5, 0.6) is 0 Å². The quantitative estimate of drug-likeness (QED) is 0.654. The normalized spacial score (nSPS) is 10.5. The summed E-state index contributed by atoms with van der Waals surface area (Å²) in [5.74, 6) is -0.920. The van der Waals surface area contributed by atoms with Crippen LogP contribution >= 0.6 is 11.6 Å². The van der Waals surface area contributed by atoms with Gasteiger partial charge in [-0.05, 0) is 29.3 Å². The molecule has 0 spiro atoms. The molecular formula is C18H16ClNO3. The van der Waals surface area contributed by atoms with Gasteiger partial charge in [0.15, 0.2) is 6.61 Å². The first-order valence-electron chi connectivity index (χ1n) is 7.04. The maximum atomic E-state index is 11.6. The molecule has 0 aromatic heterocycles. The molecule has 23 heavy (non-hydrogen) atoms. The lowest BCUT2D eigenvalue weighted by Gasteiger charge is -2.05. The molecule has 2 aromatic carbocycles. The van der Waals surface area contributed by atoms with Crippen LogP contribution in [0.25, 0.3) is 6.08 Å². The highest BCUT2D eigenvalue weighted by Crippen LogP contribution is 2.10. The van der Waals surface area contributed by atoms with Gasteiger partial charge in [0.1, 0.15) is 0 Å². The van der Waals surface area contributed by atoms with Crippen LogP contribution in [0.4, 0.5) is 0 Å². The standard InChI is InChI=1S/C18H16ClNO3/c19-16-9-6-14(7-10-16)8-11-18(22)23-13-17(21)20-12-15-4-2-1-3-5-15/h1-11H,12-13H2,(H,20,21)/b11-8+. The highest BCUT2D eigenvalue weighted by atomic mass is 35.5. The van der Waals surface area contributed by atoms with E-state index in [1.807, 2.05) is 30.3 Å². The van der Waals surface area contributed by atoms with Crippen molar-refractivity contribution in [1.29, 1.82) is 0 Å². The average Bonchev–Trinajstić information content (AvgIpc) is 2.58. The fraction of sp³-hybridized carbons (Fsp3) is 0.111. The summed E-state index contributed by atoms with van der Waals surface area (Å²) < 4.78 is 4.87. The Bertz CT molecular complexity index is 681. The highest BCUT2D eigenvalue weighted by molar-refractivity contribution is 6.30. The molecule has 0 aliphatic heterocycles. The molecular weight excluding hydrogens is 314 g/mol. The summed E-state index contributed by atoms with van der Waals surface area (Å²) in [6.07, 6.45) is 2.87. The number of hydrogen-bond acceptors (Lipinski definition) is 3. The number of nitrogens with one attached hydrogen (secondary N) is 1. The third-order valence-electron chi connectivity index (χ3n) is 2.96. The average molecular weight is 330 g/mol. The first-order valence-corrected chi connectivity index (χ1v) is 7.42. The van der Waals surface area contributed by atoms with E-state index < -0.39 is 5.97 Å². The Morgan fingerprint density at radius 3 is 2.43 bits per heavy atom. The summed E-state index contributed by atoms with van der Waals surface area (Å²) in [6.45, 7) is 0.0917. The molecule has 0 saturated heterocycles. The van der Waals surface area contributed by atoms with Crippen LogP contribution in [0.15, 0.2) is 60.7 Å². The van der Waals surface area contributed by atoms with Gasteiger partial charge in [0.2, 0.25) is 0 Å². The number of amides is 1. The third-order valence-corrected chi connectivity index (χ3v) is 3.21. The van der Waals surface area contributed by atoms with Gasteiger partial charge in [-0.1, -0.05) is 54.1 Å². The second-order valence-corrected chi connectivity index (χ2v) is 5.19. The maximum absolute atomic E-state index is 11.6. The van der Waals surface area contributed by atoms with Crippen molar-refractivity contribution in [2.24, 2.45) is 0 Å². The molecule has 0 radical (unpaired) electrons. The van der Waals surface area contributed by atoms with Gasteiger partial charge in [0.05, 0.1) is 0 Å². The van der Waals surface area contributed by atoms with Gasteiger partial charge in [-0.3, -0.25) is 4.79 Å². The number of ether oxygens (including phenoxy) is 1. The Kier molecular flexibility index (Phi) is 6.39. The predicted molar refractivity (Wildman–Crippen MR) is 89.7 cm³/mol. The topological polar surface area (TPSA) is 55.4 Å². The van der Waals surface area contributed by atoms with Gasteiger partial charge in [-0.2, -0.15) is 0 Å². The molecule has 0 atom stereocenters. The van der Waals surface area contributed by atoms with Crippen molar-refractivity contribution in [2.75, 3.05) is 6.61 Å². The SMILES string of the molecule is O=C(COC(=O)/C=C/c1ccc(Cl)cc1)NCc1ccccc1. The molecule has 118 valence electrons. The lowest BCUT2D eigenvalue weighted by Crippen LogP contribution is -2.28. The van der Waals surface area contributed by atoms with Gasteiger partial charge in [-0.15, -0.1) is 0 Å². The van der Waals surface area contributed by atoms with E-state index in [9.17, 15) is 9.59 Å². The summed E-state index contributed by atoms with van der Waals surface area (Å²) in [5.41, 5.74) is 1.80. The number of hydrogen-bond donors (Lipinski definition) is 1. The molecule has 4 nitrogen and oxygen atoms in total. The Hall–Kier alpha value is -2.59. The number of benzene rings is 2. The molecule has 2 rings (SSSR count). The van der Waals surface area contributed by atoms with E-state index in [0.717, 1.165) is 11.1 Å². The second-order valence-electron chi connectivity index (χ2n) is 4.75. The van der Waals surface area contributed by atoms with Gasteiger partial charge in [0, 0.05) is 17.6 Å². The summed E-state index contributed by atoms with van der Waals surface area (Å²) in [5, 5.41) is 3.30. The Morgan fingerprint density at radius 2 is 1.74 bits per heavy atom. The fourth-order valence-electron chi connectivity index (χ4n) is 1.77. The minimum absolute atomic E-state index is 0.309. The minimum atomic E-state index is -0.574. The maximum Gasteiger partial charge on any atom is 0.331 e. The summed E-state index contributed by atoms with van der Waals surface area (Å²) in [6, 6.07) is 16.5. The third kappa shape index (κ3) is 6.36. The Balaban J connectivity index is 1.71. The van der Waals surface area contributed by atoms with Gasteiger partial charge in [-0.25, -0.2) is 4.79 Å². The van der Waals surface area contributed by atoms with Gasteiger partial charge < -0.3 is 10.1 Å². The first-order chi connectivity index (χ1) is 11.1. The van der Waals surface area contributed by atoms with Crippen LogP contribution in [0.3, 0.4) is 0 Å². The van der Waals surface area contributed by atoms with Crippen LogP contribution in [0.2, 0.25) is 5.02 Å². The number of carbonyl (C=O) groups excluding carboxylic acids is 2. The van der Waals surface area contributed by atoms with E-state index in [1.165, 1.54) is 6.08 Å². The molecule has 1 N–H and O–H groups in total. The van der Waals surface area contributed by atoms with Crippen molar-refractivity contribution < 1.29 is 14.3 Å². The van der Waals surface area contributed by atoms with E-state index >= 15 is 0 Å². The molecule has 0 aliphatic rings. The molecule has 0 bridgehead atoms. The summed E-state index contributed by atoms with van der Waals surface area (Å²) in [4.78, 5) is 23.2. The van der Waals surface area contributed by atoms with Crippen molar-refractivity contribution >= 4 is 29.6 Å². The van der Waals surface area contributed by atoms with Crippen LogP contribution in [-0.2, 0) is 20.9 Å². The van der Waals surface area contributed by atoms with Crippen LogP contribution < -0.4 is 5.32 Å². The monoisotopic (exact) mass is 329 g/mol. The zero-order valence-corrected chi connectivity index (χ0v) is 13.1. The van der Waals surface area contributed by atoms with Crippen molar-refractivity contribution in [3.8, 4) is 0 Å². The molecule has 0 heterocycles. The number of carbonyl (C=O) groups is 2. The van der Waals surface area contributed by atoms with Gasteiger partial charge in [0.25, 0.3) is 5.91 Å². The number of rotatable bonds is 6. The Morgan fingerprint density at radius 1 is 1.04 bits per heavy atom. The van der Waals surface area contributed by atoms with E-state index in [-0.39, 0.29) is 12.5 Å². The Labute approximate surface area is 139 Å². The second kappa shape index (κ2) is 8.76. The number of halogens is 1. The van der Waals surface area contributed by atoms with E-state index in [2.05, 4.69) is 5.32 Å². The molecule has 2 aromatic rings. The molecule has 0 saturated carbocycles. The van der Waals surface area contributed by atoms with Crippen LogP contribution in [0, 0.1) is 0 Å². The molecule has 0 fully saturated rings. The smallest absolute Gasteiger partial charge is 0.331 e. The lowest BCUT2D eigenvalue weighted by molar-refractivity contribution is -0.143. The number of esters is 1. The van der Waals surface area contributed by atoms with Crippen LogP contribution in [0.1, 0.15) is 11.1 Å². The highest BCUT2D eigenvalue weighted by Gasteiger charge is 2.04. The van der Waals surface area contributed by atoms with E-state index in [4.69, 9.17) is 16.3 Å². The van der Waals surface area contributed by atoms with Crippen molar-refractivity contribution in [2.45, 2.75) is 6.54 Å². The zero-order valence-electron chi connectivity index (χ0n) is 12.4. The van der Waals surface area contributed by atoms with Gasteiger partial charge >= 0.3 is 5.97 Å². The van der Waals surface area contributed by atoms with Crippen molar-refractivity contribution in [3.63, 3.8) is 0 Å². The summed E-state index contributed by atoms with van der Waals surface area (Å²) in [7, 11) is 0. The molecule has 0 unspecified atom stereocenters. The lowest BCUT2D eigenvalue weighted by atomic mass is 10.2. The summed E-state index contributed by atoms with van der Waals surface area (Å²) >= 11 is 5.77. The molecule has 0 aliphatic carbocycles. The largest absolute Gasteiger partial charge is 0.452 e. The first kappa shape index (κ1) is 16.8. The van der Waals surface area contributed by atoms with Crippen molar-refractivity contribution in [1.82, 2.24) is 5.32 Å². The van der Waals surface area contributed by atoms with E-state index in [0.29, 0.717) is 11.6 Å². The van der Waals surface area contributed by atoms with Crippen molar-refractivity contribution in [3.05, 3.63) is 76.8 Å². The fourth-order valence-corrected chi connectivity index (χ4v) is 1.90. The predicted octanol–water partition coefficient (Wildman–Crippen LogP) is 3.21. The van der Waals surface area contributed by atoms with E-state index in [1.54, 1.807) is 30.3 Å². The molecule has 1 amide bonds.